The van der Waals surface area contributed by atoms with Crippen molar-refractivity contribution in [3.8, 4) is 17.2 Å². The molecule has 2 aromatic carbocycles. The van der Waals surface area contributed by atoms with E-state index in [4.69, 9.17) is 14.2 Å². The first-order chi connectivity index (χ1) is 14.7. The summed E-state index contributed by atoms with van der Waals surface area (Å²) in [5.41, 5.74) is 0.234. The Hall–Kier alpha value is -3.00. The Morgan fingerprint density at radius 2 is 1.87 bits per heavy atom. The van der Waals surface area contributed by atoms with E-state index in [2.05, 4.69) is 0 Å². The molecule has 1 aliphatic rings. The molecule has 168 valence electrons. The largest absolute Gasteiger partial charge is 0.493 e. The van der Waals surface area contributed by atoms with Crippen molar-refractivity contribution in [1.29, 1.82) is 0 Å². The van der Waals surface area contributed by atoms with Crippen molar-refractivity contribution in [3.05, 3.63) is 53.8 Å². The number of hydrogen-bond acceptors (Lipinski definition) is 5. The van der Waals surface area contributed by atoms with Crippen LogP contribution >= 0.6 is 0 Å². The summed E-state index contributed by atoms with van der Waals surface area (Å²) in [7, 11) is 1.54. The fourth-order valence-electron chi connectivity index (χ4n) is 3.93. The number of carbonyl (C=O) groups is 1. The minimum atomic E-state index is -1.00. The van der Waals surface area contributed by atoms with E-state index in [1.54, 1.807) is 32.2 Å². The smallest absolute Gasteiger partial charge is 0.407 e. The minimum Gasteiger partial charge on any atom is -0.493 e. The van der Waals surface area contributed by atoms with Gasteiger partial charge in [-0.3, -0.25) is 0 Å². The summed E-state index contributed by atoms with van der Waals surface area (Å²) in [6, 6.07) is 11.2. The quantitative estimate of drug-likeness (QED) is 0.617. The van der Waals surface area contributed by atoms with Gasteiger partial charge in [0.15, 0.2) is 11.5 Å². The van der Waals surface area contributed by atoms with Crippen LogP contribution < -0.4 is 14.2 Å². The molecule has 0 aromatic heterocycles. The van der Waals surface area contributed by atoms with Crippen LogP contribution in [-0.4, -0.2) is 60.7 Å². The van der Waals surface area contributed by atoms with Gasteiger partial charge >= 0.3 is 6.09 Å². The second kappa shape index (κ2) is 9.43. The molecule has 7 nitrogen and oxygen atoms in total. The average molecular weight is 433 g/mol. The molecule has 0 saturated carbocycles. The zero-order chi connectivity index (χ0) is 22.6. The molecule has 0 aliphatic carbocycles. The maximum atomic E-state index is 13.0. The zero-order valence-corrected chi connectivity index (χ0v) is 17.9. The standard InChI is InChI=1S/C23H28FNO6/c1-15(26)23(2)14-25(22(27)28)13-19(23)16-4-9-20(29-3)21(12-16)31-11-10-30-18-7-5-17(24)6-8-18/h4-9,12,15,19,26H,10-11,13-14H2,1-3H3,(H,27,28)/t15-,19+,23+/m1/s1. The highest BCUT2D eigenvalue weighted by Crippen LogP contribution is 2.46. The van der Waals surface area contributed by atoms with E-state index in [0.717, 1.165) is 5.56 Å². The van der Waals surface area contributed by atoms with Crippen LogP contribution in [0.5, 0.6) is 17.2 Å². The van der Waals surface area contributed by atoms with Gasteiger partial charge in [0.25, 0.3) is 0 Å². The Morgan fingerprint density at radius 1 is 1.19 bits per heavy atom. The van der Waals surface area contributed by atoms with Crippen molar-refractivity contribution in [1.82, 2.24) is 4.90 Å². The lowest BCUT2D eigenvalue weighted by Gasteiger charge is -2.33. The molecule has 1 aliphatic heterocycles. The molecule has 0 spiro atoms. The van der Waals surface area contributed by atoms with Crippen LogP contribution in [0.3, 0.4) is 0 Å². The predicted octanol–water partition coefficient (Wildman–Crippen LogP) is 3.76. The highest BCUT2D eigenvalue weighted by molar-refractivity contribution is 5.66. The van der Waals surface area contributed by atoms with Gasteiger partial charge in [-0.1, -0.05) is 13.0 Å². The molecule has 1 amide bonds. The van der Waals surface area contributed by atoms with Crippen LogP contribution in [0.2, 0.25) is 0 Å². The number of methoxy groups -OCH3 is 1. The lowest BCUT2D eigenvalue weighted by molar-refractivity contribution is 0.0481. The lowest BCUT2D eigenvalue weighted by atomic mass is 9.72. The predicted molar refractivity (Wildman–Crippen MR) is 113 cm³/mol. The van der Waals surface area contributed by atoms with Crippen molar-refractivity contribution in [3.63, 3.8) is 0 Å². The van der Waals surface area contributed by atoms with Gasteiger partial charge in [-0.15, -0.1) is 0 Å². The number of rotatable bonds is 8. The van der Waals surface area contributed by atoms with Crippen molar-refractivity contribution >= 4 is 6.09 Å². The van der Waals surface area contributed by atoms with Crippen LogP contribution in [0.25, 0.3) is 0 Å². The molecule has 2 N–H and O–H groups in total. The Kier molecular flexibility index (Phi) is 6.90. The fraction of sp³-hybridized carbons (Fsp3) is 0.435. The van der Waals surface area contributed by atoms with Crippen molar-refractivity contribution in [2.24, 2.45) is 5.41 Å². The number of ether oxygens (including phenoxy) is 3. The summed E-state index contributed by atoms with van der Waals surface area (Å²) in [5, 5.41) is 19.8. The van der Waals surface area contributed by atoms with Crippen LogP contribution in [-0.2, 0) is 0 Å². The van der Waals surface area contributed by atoms with Gasteiger partial charge < -0.3 is 29.3 Å². The molecule has 1 heterocycles. The van der Waals surface area contributed by atoms with Gasteiger partial charge in [0, 0.05) is 24.4 Å². The Bertz CT molecular complexity index is 903. The molecular weight excluding hydrogens is 405 g/mol. The molecule has 2 aromatic rings. The normalized spacial score (nSPS) is 21.6. The zero-order valence-electron chi connectivity index (χ0n) is 17.9. The molecule has 3 atom stereocenters. The monoisotopic (exact) mass is 433 g/mol. The number of hydrogen-bond donors (Lipinski definition) is 2. The van der Waals surface area contributed by atoms with Gasteiger partial charge in [0.2, 0.25) is 0 Å². The highest BCUT2D eigenvalue weighted by atomic mass is 19.1. The van der Waals surface area contributed by atoms with Crippen LogP contribution in [0.15, 0.2) is 42.5 Å². The molecule has 31 heavy (non-hydrogen) atoms. The number of carboxylic acid groups (broad SMARTS) is 1. The fourth-order valence-corrected chi connectivity index (χ4v) is 3.93. The van der Waals surface area contributed by atoms with Gasteiger partial charge in [-0.2, -0.15) is 0 Å². The van der Waals surface area contributed by atoms with E-state index in [-0.39, 0.29) is 38.0 Å². The lowest BCUT2D eigenvalue weighted by Crippen LogP contribution is -2.37. The Morgan fingerprint density at radius 3 is 2.48 bits per heavy atom. The molecule has 0 radical (unpaired) electrons. The third kappa shape index (κ3) is 5.02. The Labute approximate surface area is 181 Å². The summed E-state index contributed by atoms with van der Waals surface area (Å²) in [6.07, 6.45) is -1.70. The topological polar surface area (TPSA) is 88.5 Å². The van der Waals surface area contributed by atoms with E-state index in [0.29, 0.717) is 17.2 Å². The average Bonchev–Trinajstić information content (AvgIpc) is 3.12. The van der Waals surface area contributed by atoms with E-state index >= 15 is 0 Å². The molecular formula is C23H28FNO6. The summed E-state index contributed by atoms with van der Waals surface area (Å²) < 4.78 is 29.8. The number of benzene rings is 2. The number of aliphatic hydroxyl groups is 1. The first-order valence-electron chi connectivity index (χ1n) is 10.1. The number of nitrogens with zero attached hydrogens (tertiary/aromatic N) is 1. The SMILES string of the molecule is COc1ccc([C@@H]2CN(C(=O)O)C[C@@]2(C)[C@@H](C)O)cc1OCCOc1ccc(F)cc1. The number of likely N-dealkylation sites (tertiary alicyclic amines) is 1. The molecule has 0 unspecified atom stereocenters. The van der Waals surface area contributed by atoms with Gasteiger partial charge in [0.05, 0.1) is 13.2 Å². The summed E-state index contributed by atoms with van der Waals surface area (Å²) >= 11 is 0. The molecule has 1 saturated heterocycles. The maximum absolute atomic E-state index is 13.0. The molecule has 1 fully saturated rings. The van der Waals surface area contributed by atoms with Gasteiger partial charge in [0.1, 0.15) is 24.8 Å². The van der Waals surface area contributed by atoms with E-state index < -0.39 is 17.6 Å². The molecule has 0 bridgehead atoms. The number of aliphatic hydroxyl groups excluding tert-OH is 1. The molecule has 8 heteroatoms. The number of amides is 1. The van der Waals surface area contributed by atoms with Crippen molar-refractivity contribution in [2.75, 3.05) is 33.4 Å². The minimum absolute atomic E-state index is 0.202. The summed E-state index contributed by atoms with van der Waals surface area (Å²) in [4.78, 5) is 12.9. The third-order valence-corrected chi connectivity index (χ3v) is 5.97. The highest BCUT2D eigenvalue weighted by Gasteiger charge is 2.48. The van der Waals surface area contributed by atoms with Crippen molar-refractivity contribution < 1.29 is 33.6 Å². The maximum Gasteiger partial charge on any atom is 0.407 e. The van der Waals surface area contributed by atoms with E-state index in [1.165, 1.54) is 17.0 Å². The van der Waals surface area contributed by atoms with Crippen LogP contribution in [0, 0.1) is 11.2 Å². The Balaban J connectivity index is 1.73. The second-order valence-electron chi connectivity index (χ2n) is 7.96. The van der Waals surface area contributed by atoms with Crippen LogP contribution in [0.4, 0.5) is 9.18 Å². The number of halogens is 1. The summed E-state index contributed by atoms with van der Waals surface area (Å²) in [6.45, 7) is 4.60. The first-order valence-corrected chi connectivity index (χ1v) is 10.1. The third-order valence-electron chi connectivity index (χ3n) is 5.97. The van der Waals surface area contributed by atoms with Gasteiger partial charge in [-0.05, 0) is 48.9 Å². The second-order valence-corrected chi connectivity index (χ2v) is 7.96. The molecule has 3 rings (SSSR count). The van der Waals surface area contributed by atoms with Gasteiger partial charge in [-0.25, -0.2) is 9.18 Å². The van der Waals surface area contributed by atoms with Crippen LogP contribution in [0.1, 0.15) is 25.3 Å². The first kappa shape index (κ1) is 22.7. The summed E-state index contributed by atoms with van der Waals surface area (Å²) in [5.74, 6) is 1.05. The van der Waals surface area contributed by atoms with Crippen molar-refractivity contribution in [2.45, 2.75) is 25.9 Å². The van der Waals surface area contributed by atoms with E-state index in [1.807, 2.05) is 19.1 Å². The van der Waals surface area contributed by atoms with E-state index in [9.17, 15) is 19.4 Å².